The van der Waals surface area contributed by atoms with Gasteiger partial charge in [-0.25, -0.2) is 4.68 Å². The number of H-pyrrole nitrogens is 1. The van der Waals surface area contributed by atoms with E-state index in [2.05, 4.69) is 263 Å². The lowest BCUT2D eigenvalue weighted by molar-refractivity contribution is 0.399. The molecule has 0 amide bonds. The van der Waals surface area contributed by atoms with Gasteiger partial charge in [0.15, 0.2) is 5.82 Å². The predicted molar refractivity (Wildman–Crippen MR) is 405 cm³/mol. The number of aryl methyl sites for hydroxylation is 11. The average Bonchev–Trinajstić information content (AvgIpc) is 1.19. The second-order valence-electron chi connectivity index (χ2n) is 26.9. The maximum atomic E-state index is 5.65. The van der Waals surface area contributed by atoms with Gasteiger partial charge in [0, 0.05) is 97.6 Å². The van der Waals surface area contributed by atoms with E-state index in [0.29, 0.717) is 24.2 Å². The number of tetrazole rings is 2. The number of benzene rings is 4. The smallest absolute Gasteiger partial charge is 0.251 e. The summed E-state index contributed by atoms with van der Waals surface area (Å²) in [6, 6.07) is 19.3. The lowest BCUT2D eigenvalue weighted by Gasteiger charge is -2.17. The first-order chi connectivity index (χ1) is 48.0. The fraction of sp³-hybridized carbons (Fsp3) is 0.427. The van der Waals surface area contributed by atoms with E-state index in [1.165, 1.54) is 44.5 Å². The number of nitrogens with one attached hydrogen (secondary N) is 5. The first kappa shape index (κ1) is 74.3. The molecule has 0 bridgehead atoms. The maximum Gasteiger partial charge on any atom is 0.251 e. The van der Waals surface area contributed by atoms with Crippen LogP contribution in [0.4, 0.5) is 22.7 Å². The summed E-state index contributed by atoms with van der Waals surface area (Å²) in [6.45, 7) is 30.9. The Morgan fingerprint density at radius 2 is 0.830 bits per heavy atom. The Bertz CT molecular complexity index is 4520. The minimum atomic E-state index is 0.501. The molecule has 528 valence electrons. The van der Waals surface area contributed by atoms with Crippen molar-refractivity contribution in [3.8, 4) is 45.5 Å². The van der Waals surface area contributed by atoms with Crippen molar-refractivity contribution >= 4 is 66.4 Å². The zero-order valence-electron chi connectivity index (χ0n) is 62.1. The second kappa shape index (κ2) is 34.7. The largest absolute Gasteiger partial charge is 0.421 e. The van der Waals surface area contributed by atoms with Gasteiger partial charge in [0.25, 0.3) is 5.89 Å². The zero-order valence-corrected chi connectivity index (χ0v) is 62.1. The summed E-state index contributed by atoms with van der Waals surface area (Å²) in [5.74, 6) is 3.15. The lowest BCUT2D eigenvalue weighted by atomic mass is 10.0. The highest BCUT2D eigenvalue weighted by molar-refractivity contribution is 6.03. The topological polar surface area (TPSA) is 276 Å². The number of rotatable bonds is 25. The summed E-state index contributed by atoms with van der Waals surface area (Å²) in [5, 5.41) is 57.8. The summed E-state index contributed by atoms with van der Waals surface area (Å²) in [7, 11) is 16.7. The molecular formula is C75H101N23O2. The Balaban J connectivity index is 0.000000156. The van der Waals surface area contributed by atoms with Crippen molar-refractivity contribution in [3.63, 3.8) is 0 Å². The molecule has 25 nitrogen and oxygen atoms in total. The van der Waals surface area contributed by atoms with Gasteiger partial charge in [-0.15, -0.1) is 25.5 Å². The molecule has 0 radical (unpaired) electrons. The molecule has 0 spiro atoms. The molecule has 8 heterocycles. The fourth-order valence-corrected chi connectivity index (χ4v) is 12.3. The Morgan fingerprint density at radius 3 is 1.20 bits per heavy atom. The Kier molecular flexibility index (Phi) is 25.8. The van der Waals surface area contributed by atoms with Crippen LogP contribution in [0.3, 0.4) is 0 Å². The third-order valence-electron chi connectivity index (χ3n) is 16.9. The van der Waals surface area contributed by atoms with E-state index in [0.717, 1.165) is 184 Å². The van der Waals surface area contributed by atoms with Crippen LogP contribution < -0.4 is 21.3 Å². The molecule has 0 saturated carbocycles. The number of hydrogen-bond acceptors (Lipinski definition) is 23. The van der Waals surface area contributed by atoms with Crippen molar-refractivity contribution in [2.75, 3.05) is 130 Å². The van der Waals surface area contributed by atoms with Crippen LogP contribution in [-0.4, -0.2) is 204 Å². The van der Waals surface area contributed by atoms with Crippen LogP contribution in [0.5, 0.6) is 0 Å². The molecule has 0 saturated heterocycles. The highest BCUT2D eigenvalue weighted by Gasteiger charge is 2.21. The summed E-state index contributed by atoms with van der Waals surface area (Å²) in [4.78, 5) is 27.4. The van der Waals surface area contributed by atoms with Crippen LogP contribution in [0.1, 0.15) is 88.8 Å². The van der Waals surface area contributed by atoms with E-state index in [1.807, 2.05) is 44.7 Å². The molecule has 0 aliphatic rings. The van der Waals surface area contributed by atoms with E-state index >= 15 is 0 Å². The average molecular weight is 1360 g/mol. The summed E-state index contributed by atoms with van der Waals surface area (Å²) in [6.07, 6.45) is 11.7. The molecule has 5 N–H and O–H groups in total. The SMILES string of the molecule is CCn1nnnc1-c1cnc2c(C)cc(C)cc2c1NCCCN(C)C.Cc1cc(C)c2ncc(-c3cc(C)on3)c(NCCCN(C)C)c2c1.Cc1cc(C)c2ncc(-c3nn[nH]n3)c(NCCCN(C)C)c2c1.Cc1cc(C)c2ncc(-c3nnc(C)o3)c(NCCCN(C)C)c2c1. The van der Waals surface area contributed by atoms with Gasteiger partial charge in [-0.05, 0) is 240 Å². The lowest BCUT2D eigenvalue weighted by Crippen LogP contribution is -2.17. The van der Waals surface area contributed by atoms with Gasteiger partial charge in [-0.3, -0.25) is 19.9 Å². The van der Waals surface area contributed by atoms with E-state index in [9.17, 15) is 0 Å². The molecule has 0 fully saturated rings. The summed E-state index contributed by atoms with van der Waals surface area (Å²) < 4.78 is 12.7. The van der Waals surface area contributed by atoms with Crippen LogP contribution in [0, 0.1) is 69.2 Å². The van der Waals surface area contributed by atoms with Gasteiger partial charge in [0.1, 0.15) is 11.5 Å². The van der Waals surface area contributed by atoms with E-state index in [1.54, 1.807) is 11.6 Å². The third-order valence-corrected chi connectivity index (χ3v) is 16.9. The molecule has 12 aromatic rings. The van der Waals surface area contributed by atoms with E-state index in [4.69, 9.17) is 18.9 Å². The number of hydrogen-bond donors (Lipinski definition) is 5. The van der Waals surface area contributed by atoms with Gasteiger partial charge in [-0.2, -0.15) is 5.21 Å². The van der Waals surface area contributed by atoms with Crippen LogP contribution >= 0.6 is 0 Å². The zero-order chi connectivity index (χ0) is 71.7. The minimum Gasteiger partial charge on any atom is -0.421 e. The molecule has 0 unspecified atom stereocenters. The third kappa shape index (κ3) is 19.1. The predicted octanol–water partition coefficient (Wildman–Crippen LogP) is 13.0. The van der Waals surface area contributed by atoms with Gasteiger partial charge in [0.05, 0.1) is 61.5 Å². The molecule has 4 aromatic carbocycles. The van der Waals surface area contributed by atoms with E-state index in [-0.39, 0.29) is 0 Å². The van der Waals surface area contributed by atoms with Crippen LogP contribution in [-0.2, 0) is 6.54 Å². The normalized spacial score (nSPS) is 11.4. The standard InChI is InChI=1S/C20H26N4O.C19H27N7.C19H25N5O.C17H23N7/c1-13-9-14(2)19-16(10-13)20(21-7-6-8-24(4)5)17(12-22-19)18-11-15(3)25-23-18;1-6-26-19(22-23-24-26)16-12-21-17-14(3)10-13(2)11-15(17)18(16)20-8-7-9-25(4)5;1-12-9-13(2)17-15(10-12)18(20-7-6-8-24(4)5)16(11-21-17)19-23-22-14(3)25-19;1-11-8-12(2)15-13(9-11)16(18-6-5-7-24(3)4)14(10-19-15)17-20-22-23-21-17/h9-12H,6-8H2,1-5H3,(H,21,22);10-12H,6-9H2,1-5H3,(H,20,21);9-11H,6-8H2,1-5H3,(H,20,21);8-10H,5-7H2,1-4H3,(H,18,19)(H,20,21,22,23). The monoisotopic (exact) mass is 1360 g/mol. The van der Waals surface area contributed by atoms with Gasteiger partial charge < -0.3 is 49.8 Å². The number of anilines is 4. The Labute approximate surface area is 587 Å². The number of fused-ring (bicyclic) bond motifs is 4. The van der Waals surface area contributed by atoms with Gasteiger partial charge in [-0.1, -0.05) is 51.7 Å². The highest BCUT2D eigenvalue weighted by atomic mass is 16.5. The van der Waals surface area contributed by atoms with Crippen molar-refractivity contribution in [1.29, 1.82) is 0 Å². The number of pyridine rings is 4. The van der Waals surface area contributed by atoms with Crippen molar-refractivity contribution < 1.29 is 8.94 Å². The highest BCUT2D eigenvalue weighted by Crippen LogP contribution is 2.39. The Morgan fingerprint density at radius 1 is 0.440 bits per heavy atom. The maximum absolute atomic E-state index is 5.65. The van der Waals surface area contributed by atoms with Crippen molar-refractivity contribution in [1.82, 2.24) is 95.7 Å². The molecule has 100 heavy (non-hydrogen) atoms. The quantitative estimate of drug-likeness (QED) is 0.0333. The summed E-state index contributed by atoms with van der Waals surface area (Å²) >= 11 is 0. The summed E-state index contributed by atoms with van der Waals surface area (Å²) in [5.41, 5.74) is 22.3. The fourth-order valence-electron chi connectivity index (χ4n) is 12.3. The van der Waals surface area contributed by atoms with Gasteiger partial charge >= 0.3 is 0 Å². The van der Waals surface area contributed by atoms with Gasteiger partial charge in [0.2, 0.25) is 11.7 Å². The molecule has 0 atom stereocenters. The first-order valence-corrected chi connectivity index (χ1v) is 34.4. The van der Waals surface area contributed by atoms with Crippen LogP contribution in [0.25, 0.3) is 89.1 Å². The molecule has 0 aliphatic carbocycles. The second-order valence-corrected chi connectivity index (χ2v) is 26.9. The van der Waals surface area contributed by atoms with Crippen molar-refractivity contribution in [2.24, 2.45) is 0 Å². The van der Waals surface area contributed by atoms with E-state index < -0.39 is 0 Å². The molecule has 25 heteroatoms. The van der Waals surface area contributed by atoms with Crippen molar-refractivity contribution in [2.45, 2.75) is 108 Å². The van der Waals surface area contributed by atoms with Crippen LogP contribution in [0.15, 0.2) is 88.3 Å². The molecule has 8 aromatic heterocycles. The number of aromatic nitrogens is 15. The van der Waals surface area contributed by atoms with Crippen molar-refractivity contribution in [3.05, 3.63) is 136 Å². The minimum absolute atomic E-state index is 0.501. The van der Waals surface area contributed by atoms with Crippen LogP contribution in [0.2, 0.25) is 0 Å². The number of nitrogens with zero attached hydrogens (tertiary/aromatic N) is 18. The number of aromatic amines is 1. The molecule has 0 aliphatic heterocycles. The molecular weight excluding hydrogens is 1250 g/mol. The Hall–Kier alpha value is -9.95. The first-order valence-electron chi connectivity index (χ1n) is 34.4. The molecule has 12 rings (SSSR count).